The minimum absolute atomic E-state index is 0.0220. The Morgan fingerprint density at radius 3 is 2.62 bits per heavy atom. The van der Waals surface area contributed by atoms with Crippen LogP contribution in [-0.2, 0) is 10.2 Å². The lowest BCUT2D eigenvalue weighted by Crippen LogP contribution is -2.27. The van der Waals surface area contributed by atoms with Crippen molar-refractivity contribution in [1.82, 2.24) is 0 Å². The highest BCUT2D eigenvalue weighted by Gasteiger charge is 2.39. The van der Waals surface area contributed by atoms with Crippen molar-refractivity contribution in [3.05, 3.63) is 28.3 Å². The Labute approximate surface area is 100.0 Å². The van der Waals surface area contributed by atoms with Crippen LogP contribution >= 0.6 is 11.6 Å². The molecule has 2 rings (SSSR count). The zero-order valence-electron chi connectivity index (χ0n) is 9.60. The lowest BCUT2D eigenvalue weighted by molar-refractivity contribution is -0.119. The maximum atomic E-state index is 11.8. The van der Waals surface area contributed by atoms with Gasteiger partial charge in [0.25, 0.3) is 0 Å². The van der Waals surface area contributed by atoms with E-state index < -0.39 is 5.41 Å². The minimum Gasteiger partial charge on any atom is -0.324 e. The van der Waals surface area contributed by atoms with Gasteiger partial charge in [0, 0.05) is 6.04 Å². The van der Waals surface area contributed by atoms with Gasteiger partial charge < -0.3 is 11.1 Å². The third kappa shape index (κ3) is 1.51. The molecule has 3 nitrogen and oxygen atoms in total. The molecule has 0 saturated carbocycles. The third-order valence-corrected chi connectivity index (χ3v) is 3.42. The van der Waals surface area contributed by atoms with Gasteiger partial charge in [0.1, 0.15) is 0 Å². The van der Waals surface area contributed by atoms with Crippen LogP contribution in [-0.4, -0.2) is 5.91 Å². The van der Waals surface area contributed by atoms with Gasteiger partial charge in [-0.3, -0.25) is 4.79 Å². The minimum atomic E-state index is -0.538. The van der Waals surface area contributed by atoms with Crippen molar-refractivity contribution in [3.63, 3.8) is 0 Å². The van der Waals surface area contributed by atoms with Crippen molar-refractivity contribution < 1.29 is 4.79 Å². The number of amides is 1. The molecule has 1 unspecified atom stereocenters. The van der Waals surface area contributed by atoms with Crippen molar-refractivity contribution in [1.29, 1.82) is 0 Å². The van der Waals surface area contributed by atoms with Crippen LogP contribution in [0.3, 0.4) is 0 Å². The number of hydrogen-bond acceptors (Lipinski definition) is 2. The first-order valence-corrected chi connectivity index (χ1v) is 5.63. The van der Waals surface area contributed by atoms with E-state index in [1.165, 1.54) is 0 Å². The van der Waals surface area contributed by atoms with Crippen molar-refractivity contribution in [2.75, 3.05) is 5.32 Å². The molecule has 1 aliphatic rings. The Kier molecular flexibility index (Phi) is 2.48. The Balaban J connectivity index is 2.65. The first-order chi connectivity index (χ1) is 7.34. The summed E-state index contributed by atoms with van der Waals surface area (Å²) in [6.07, 6.45) is 0. The molecule has 3 N–H and O–H groups in total. The van der Waals surface area contributed by atoms with Gasteiger partial charge in [0.05, 0.1) is 16.1 Å². The summed E-state index contributed by atoms with van der Waals surface area (Å²) in [5.74, 6) is -0.0220. The molecule has 0 spiro atoms. The normalized spacial score (nSPS) is 19.2. The number of anilines is 1. The zero-order chi connectivity index (χ0) is 12.1. The molecule has 0 radical (unpaired) electrons. The standard InChI is InChI=1S/C12H15ClN2O/c1-6(14)7-4-8-10(9(13)5-7)15-11(16)12(8,2)3/h4-6H,14H2,1-3H3,(H,15,16). The first-order valence-electron chi connectivity index (χ1n) is 5.25. The fourth-order valence-electron chi connectivity index (χ4n) is 1.90. The number of fused-ring (bicyclic) bond motifs is 1. The number of carbonyl (C=O) groups is 1. The van der Waals surface area contributed by atoms with Crippen molar-refractivity contribution in [2.45, 2.75) is 32.2 Å². The molecule has 86 valence electrons. The van der Waals surface area contributed by atoms with E-state index in [-0.39, 0.29) is 11.9 Å². The maximum Gasteiger partial charge on any atom is 0.234 e. The summed E-state index contributed by atoms with van der Waals surface area (Å²) in [5, 5.41) is 3.37. The molecule has 16 heavy (non-hydrogen) atoms. The highest BCUT2D eigenvalue weighted by Crippen LogP contribution is 2.42. The number of halogens is 1. The van der Waals surface area contributed by atoms with Crippen LogP contribution in [0.15, 0.2) is 12.1 Å². The van der Waals surface area contributed by atoms with E-state index in [1.54, 1.807) is 0 Å². The monoisotopic (exact) mass is 238 g/mol. The van der Waals surface area contributed by atoms with Gasteiger partial charge in [-0.1, -0.05) is 17.7 Å². The van der Waals surface area contributed by atoms with Crippen LogP contribution in [0.4, 0.5) is 5.69 Å². The summed E-state index contributed by atoms with van der Waals surface area (Å²) in [4.78, 5) is 11.8. The first kappa shape index (κ1) is 11.4. The predicted octanol–water partition coefficient (Wildman–Crippen LogP) is 2.59. The maximum absolute atomic E-state index is 11.8. The molecule has 0 aliphatic carbocycles. The van der Waals surface area contributed by atoms with E-state index in [2.05, 4.69) is 5.32 Å². The number of rotatable bonds is 1. The second-order valence-corrected chi connectivity index (χ2v) is 5.20. The Morgan fingerprint density at radius 1 is 1.44 bits per heavy atom. The molecule has 4 heteroatoms. The summed E-state index contributed by atoms with van der Waals surface area (Å²) < 4.78 is 0. The molecule has 1 amide bonds. The second kappa shape index (κ2) is 3.47. The topological polar surface area (TPSA) is 55.1 Å². The molecule has 1 heterocycles. The molecular weight excluding hydrogens is 224 g/mol. The number of nitrogens with one attached hydrogen (secondary N) is 1. The van der Waals surface area contributed by atoms with E-state index in [1.807, 2.05) is 32.9 Å². The van der Waals surface area contributed by atoms with Crippen LogP contribution in [0.5, 0.6) is 0 Å². The highest BCUT2D eigenvalue weighted by molar-refractivity contribution is 6.35. The van der Waals surface area contributed by atoms with Gasteiger partial charge in [-0.2, -0.15) is 0 Å². The van der Waals surface area contributed by atoms with E-state index >= 15 is 0 Å². The zero-order valence-corrected chi connectivity index (χ0v) is 10.4. The van der Waals surface area contributed by atoms with Crippen molar-refractivity contribution in [3.8, 4) is 0 Å². The third-order valence-electron chi connectivity index (χ3n) is 3.12. The Bertz CT molecular complexity index is 466. The molecular formula is C12H15ClN2O. The van der Waals surface area contributed by atoms with Gasteiger partial charge in [-0.15, -0.1) is 0 Å². The molecule has 0 saturated heterocycles. The van der Waals surface area contributed by atoms with Crippen LogP contribution < -0.4 is 11.1 Å². The van der Waals surface area contributed by atoms with Crippen LogP contribution in [0.2, 0.25) is 5.02 Å². The quantitative estimate of drug-likeness (QED) is 0.790. The molecule has 1 atom stereocenters. The molecule has 0 aromatic heterocycles. The highest BCUT2D eigenvalue weighted by atomic mass is 35.5. The summed E-state index contributed by atoms with van der Waals surface area (Å²) in [5.41, 5.74) is 7.90. The van der Waals surface area contributed by atoms with Gasteiger partial charge in [-0.05, 0) is 38.0 Å². The number of hydrogen-bond donors (Lipinski definition) is 2. The second-order valence-electron chi connectivity index (χ2n) is 4.79. The largest absolute Gasteiger partial charge is 0.324 e. The smallest absolute Gasteiger partial charge is 0.234 e. The Hall–Kier alpha value is -1.06. The predicted molar refractivity (Wildman–Crippen MR) is 65.7 cm³/mol. The van der Waals surface area contributed by atoms with Crippen LogP contribution in [0.25, 0.3) is 0 Å². The number of carbonyl (C=O) groups excluding carboxylic acids is 1. The van der Waals surface area contributed by atoms with E-state index in [0.717, 1.165) is 16.8 Å². The van der Waals surface area contributed by atoms with E-state index in [4.69, 9.17) is 17.3 Å². The van der Waals surface area contributed by atoms with E-state index in [9.17, 15) is 4.79 Å². The summed E-state index contributed by atoms with van der Waals surface area (Å²) in [6, 6.07) is 3.69. The lowest BCUT2D eigenvalue weighted by atomic mass is 9.85. The summed E-state index contributed by atoms with van der Waals surface area (Å²) in [6.45, 7) is 5.67. The average molecular weight is 239 g/mol. The van der Waals surface area contributed by atoms with Crippen LogP contribution in [0.1, 0.15) is 37.9 Å². The molecule has 1 aromatic carbocycles. The summed E-state index contributed by atoms with van der Waals surface area (Å²) in [7, 11) is 0. The van der Waals surface area contributed by atoms with Gasteiger partial charge >= 0.3 is 0 Å². The number of nitrogens with two attached hydrogens (primary N) is 1. The fraction of sp³-hybridized carbons (Fsp3) is 0.417. The van der Waals surface area contributed by atoms with Crippen molar-refractivity contribution >= 4 is 23.2 Å². The van der Waals surface area contributed by atoms with Gasteiger partial charge in [0.2, 0.25) is 5.91 Å². The van der Waals surface area contributed by atoms with Gasteiger partial charge in [0.15, 0.2) is 0 Å². The summed E-state index contributed by atoms with van der Waals surface area (Å²) >= 11 is 6.14. The molecule has 0 fully saturated rings. The fourth-order valence-corrected chi connectivity index (χ4v) is 2.18. The molecule has 0 bridgehead atoms. The van der Waals surface area contributed by atoms with E-state index in [0.29, 0.717) is 5.02 Å². The van der Waals surface area contributed by atoms with Crippen molar-refractivity contribution in [2.24, 2.45) is 5.73 Å². The SMILES string of the molecule is CC(N)c1cc(Cl)c2c(c1)C(C)(C)C(=O)N2. The number of benzene rings is 1. The van der Waals surface area contributed by atoms with Crippen LogP contribution in [0, 0.1) is 0 Å². The molecule has 1 aliphatic heterocycles. The average Bonchev–Trinajstić information content (AvgIpc) is 2.40. The Morgan fingerprint density at radius 2 is 2.06 bits per heavy atom. The van der Waals surface area contributed by atoms with Gasteiger partial charge in [-0.25, -0.2) is 0 Å². The molecule has 1 aromatic rings. The lowest BCUT2D eigenvalue weighted by Gasteiger charge is -2.17.